The summed E-state index contributed by atoms with van der Waals surface area (Å²) in [6.45, 7) is 4.03. The molecule has 3 heterocycles. The van der Waals surface area contributed by atoms with E-state index in [4.69, 9.17) is 5.73 Å². The highest BCUT2D eigenvalue weighted by Gasteiger charge is 2.16. The third-order valence-corrected chi connectivity index (χ3v) is 4.63. The first-order valence-corrected chi connectivity index (χ1v) is 8.31. The number of nitrogens with two attached hydrogens (primary N) is 1. The minimum atomic E-state index is -0.211. The number of pyridine rings is 1. The maximum absolute atomic E-state index is 12.3. The summed E-state index contributed by atoms with van der Waals surface area (Å²) in [6, 6.07) is 9.84. The van der Waals surface area contributed by atoms with E-state index in [9.17, 15) is 4.79 Å². The van der Waals surface area contributed by atoms with Gasteiger partial charge in [-0.2, -0.15) is 0 Å². The second kappa shape index (κ2) is 6.18. The Morgan fingerprint density at radius 1 is 1.12 bits per heavy atom. The smallest absolute Gasteiger partial charge is 0.259 e. The highest BCUT2D eigenvalue weighted by Crippen LogP contribution is 2.28. The van der Waals surface area contributed by atoms with Crippen LogP contribution in [0.3, 0.4) is 0 Å². The molecule has 0 amide bonds. The number of aromatic amines is 1. The topological polar surface area (TPSA) is 91.1 Å². The number of nitrogens with one attached hydrogen (secondary N) is 1. The Kier molecular flexibility index (Phi) is 3.85. The van der Waals surface area contributed by atoms with Gasteiger partial charge < -0.3 is 20.5 Å². The Balaban J connectivity index is 1.82. The van der Waals surface area contributed by atoms with E-state index in [1.807, 2.05) is 12.1 Å². The van der Waals surface area contributed by atoms with Crippen LogP contribution >= 0.6 is 0 Å². The molecule has 1 aliphatic rings. The lowest BCUT2D eigenvalue weighted by molar-refractivity contribution is 0.313. The number of hydrogen-bond acceptors (Lipinski definition) is 6. The van der Waals surface area contributed by atoms with Crippen LogP contribution in [-0.2, 0) is 0 Å². The van der Waals surface area contributed by atoms with Crippen LogP contribution in [0.1, 0.15) is 0 Å². The average molecular weight is 336 g/mol. The van der Waals surface area contributed by atoms with Crippen molar-refractivity contribution in [2.75, 3.05) is 43.9 Å². The van der Waals surface area contributed by atoms with Gasteiger partial charge in [0.1, 0.15) is 0 Å². The summed E-state index contributed by atoms with van der Waals surface area (Å²) in [7, 11) is 2.13. The predicted octanol–water partition coefficient (Wildman–Crippen LogP) is 1.32. The Hall–Kier alpha value is -2.93. The van der Waals surface area contributed by atoms with Crippen molar-refractivity contribution in [3.8, 4) is 11.3 Å². The van der Waals surface area contributed by atoms with E-state index in [-0.39, 0.29) is 11.5 Å². The number of fused-ring (bicyclic) bond motifs is 1. The second-order valence-electron chi connectivity index (χ2n) is 6.34. The molecular weight excluding hydrogens is 316 g/mol. The Labute approximate surface area is 145 Å². The maximum atomic E-state index is 12.3. The average Bonchev–Trinajstić information content (AvgIpc) is 2.62. The largest absolute Gasteiger partial charge is 0.369 e. The molecular formula is C18H20N6O. The van der Waals surface area contributed by atoms with Crippen LogP contribution in [0.5, 0.6) is 0 Å². The van der Waals surface area contributed by atoms with Gasteiger partial charge in [-0.25, -0.2) is 9.97 Å². The number of benzene rings is 1. The summed E-state index contributed by atoms with van der Waals surface area (Å²) in [6.07, 6.45) is 1.57. The van der Waals surface area contributed by atoms with Crippen molar-refractivity contribution in [2.45, 2.75) is 0 Å². The highest BCUT2D eigenvalue weighted by molar-refractivity contribution is 5.92. The van der Waals surface area contributed by atoms with Gasteiger partial charge in [-0.1, -0.05) is 12.1 Å². The SMILES string of the molecule is CN1CCN(c2cccc(-c3nc(N)nc4cc[nH]c(=O)c34)c2)CC1. The lowest BCUT2D eigenvalue weighted by Crippen LogP contribution is -2.44. The third kappa shape index (κ3) is 2.94. The fourth-order valence-electron chi connectivity index (χ4n) is 3.23. The number of H-pyrrole nitrogens is 1. The van der Waals surface area contributed by atoms with E-state index < -0.39 is 0 Å². The third-order valence-electron chi connectivity index (χ3n) is 4.63. The van der Waals surface area contributed by atoms with Crippen molar-refractivity contribution in [1.82, 2.24) is 19.9 Å². The fourth-order valence-corrected chi connectivity index (χ4v) is 3.23. The minimum Gasteiger partial charge on any atom is -0.369 e. The van der Waals surface area contributed by atoms with Crippen LogP contribution < -0.4 is 16.2 Å². The van der Waals surface area contributed by atoms with Gasteiger partial charge in [0.05, 0.1) is 16.6 Å². The van der Waals surface area contributed by atoms with Gasteiger partial charge in [0.15, 0.2) is 0 Å². The Bertz CT molecular complexity index is 975. The second-order valence-corrected chi connectivity index (χ2v) is 6.34. The van der Waals surface area contributed by atoms with E-state index in [1.165, 1.54) is 0 Å². The van der Waals surface area contributed by atoms with Crippen molar-refractivity contribution in [3.05, 3.63) is 46.9 Å². The summed E-state index contributed by atoms with van der Waals surface area (Å²) in [5.41, 5.74) is 8.76. The number of aromatic nitrogens is 3. The Morgan fingerprint density at radius 3 is 2.72 bits per heavy atom. The van der Waals surface area contributed by atoms with E-state index in [2.05, 4.69) is 43.9 Å². The zero-order valence-corrected chi connectivity index (χ0v) is 14.1. The van der Waals surface area contributed by atoms with Crippen molar-refractivity contribution in [1.29, 1.82) is 0 Å². The zero-order valence-electron chi connectivity index (χ0n) is 14.1. The van der Waals surface area contributed by atoms with Crippen LogP contribution in [0, 0.1) is 0 Å². The molecule has 0 aliphatic carbocycles. The summed E-state index contributed by atoms with van der Waals surface area (Å²) in [4.78, 5) is 28.2. The molecule has 4 rings (SSSR count). The molecule has 0 atom stereocenters. The molecule has 25 heavy (non-hydrogen) atoms. The zero-order chi connectivity index (χ0) is 17.4. The van der Waals surface area contributed by atoms with Crippen LogP contribution in [0.25, 0.3) is 22.2 Å². The first-order chi connectivity index (χ1) is 12.1. The number of anilines is 2. The quantitative estimate of drug-likeness (QED) is 0.733. The van der Waals surface area contributed by atoms with Gasteiger partial charge in [-0.3, -0.25) is 4.79 Å². The predicted molar refractivity (Wildman–Crippen MR) is 99.7 cm³/mol. The van der Waals surface area contributed by atoms with Crippen molar-refractivity contribution in [2.24, 2.45) is 0 Å². The van der Waals surface area contributed by atoms with E-state index in [0.717, 1.165) is 37.4 Å². The fraction of sp³-hybridized carbons (Fsp3) is 0.278. The molecule has 1 aliphatic heterocycles. The molecule has 1 aromatic carbocycles. The number of hydrogen-bond donors (Lipinski definition) is 2. The number of nitrogen functional groups attached to an aromatic ring is 1. The molecule has 3 aromatic rings. The molecule has 0 unspecified atom stereocenters. The molecule has 1 saturated heterocycles. The molecule has 0 spiro atoms. The van der Waals surface area contributed by atoms with Gasteiger partial charge in [0, 0.05) is 43.6 Å². The number of piperazine rings is 1. The highest BCUT2D eigenvalue weighted by atomic mass is 16.1. The van der Waals surface area contributed by atoms with Crippen molar-refractivity contribution in [3.63, 3.8) is 0 Å². The molecule has 3 N–H and O–H groups in total. The van der Waals surface area contributed by atoms with Crippen molar-refractivity contribution >= 4 is 22.5 Å². The van der Waals surface area contributed by atoms with E-state index >= 15 is 0 Å². The van der Waals surface area contributed by atoms with Gasteiger partial charge >= 0.3 is 0 Å². The van der Waals surface area contributed by atoms with E-state index in [1.54, 1.807) is 12.3 Å². The molecule has 0 bridgehead atoms. The minimum absolute atomic E-state index is 0.165. The van der Waals surface area contributed by atoms with Crippen LogP contribution in [0.2, 0.25) is 0 Å². The van der Waals surface area contributed by atoms with Gasteiger partial charge in [-0.15, -0.1) is 0 Å². The molecule has 0 saturated carbocycles. The molecule has 2 aromatic heterocycles. The van der Waals surface area contributed by atoms with Crippen LogP contribution in [0.15, 0.2) is 41.3 Å². The lowest BCUT2D eigenvalue weighted by Gasteiger charge is -2.34. The Morgan fingerprint density at radius 2 is 1.92 bits per heavy atom. The number of nitrogens with zero attached hydrogens (tertiary/aromatic N) is 4. The molecule has 128 valence electrons. The molecule has 7 heteroatoms. The monoisotopic (exact) mass is 336 g/mol. The van der Waals surface area contributed by atoms with Gasteiger partial charge in [0.2, 0.25) is 5.95 Å². The van der Waals surface area contributed by atoms with Gasteiger partial charge in [-0.05, 0) is 25.2 Å². The van der Waals surface area contributed by atoms with Crippen molar-refractivity contribution < 1.29 is 0 Å². The molecule has 7 nitrogen and oxygen atoms in total. The summed E-state index contributed by atoms with van der Waals surface area (Å²) >= 11 is 0. The first kappa shape index (κ1) is 15.6. The molecule has 0 radical (unpaired) electrons. The lowest BCUT2D eigenvalue weighted by atomic mass is 10.1. The summed E-state index contributed by atoms with van der Waals surface area (Å²) in [5.74, 6) is 0.165. The van der Waals surface area contributed by atoms with Crippen LogP contribution in [-0.4, -0.2) is 53.1 Å². The molecule has 1 fully saturated rings. The standard InChI is InChI=1S/C18H20N6O/c1-23-7-9-24(10-8-23)13-4-2-3-12(11-13)16-15-14(21-18(19)22-16)5-6-20-17(15)25/h2-6,11H,7-10H2,1H3,(H,20,25)(H2,19,21,22). The van der Waals surface area contributed by atoms with Gasteiger partial charge in [0.25, 0.3) is 5.56 Å². The maximum Gasteiger partial charge on any atom is 0.259 e. The number of likely N-dealkylation sites (N-methyl/N-ethyl adjacent to an activating group) is 1. The number of rotatable bonds is 2. The normalized spacial score (nSPS) is 15.6. The summed E-state index contributed by atoms with van der Waals surface area (Å²) < 4.78 is 0. The first-order valence-electron chi connectivity index (χ1n) is 8.31. The van der Waals surface area contributed by atoms with E-state index in [0.29, 0.717) is 16.6 Å². The summed E-state index contributed by atoms with van der Waals surface area (Å²) in [5, 5.41) is 0.465. The van der Waals surface area contributed by atoms with Crippen LogP contribution in [0.4, 0.5) is 11.6 Å².